The molecule has 1 heterocycles. The largest absolute Gasteiger partial charge is 0.423 e. The Balaban J connectivity index is 1.48. The average molecular weight is 499 g/mol. The van der Waals surface area contributed by atoms with Gasteiger partial charge in [0.1, 0.15) is 5.75 Å². The fraction of sp³-hybridized carbons (Fsp3) is 0.200. The van der Waals surface area contributed by atoms with E-state index < -0.39 is 21.9 Å². The van der Waals surface area contributed by atoms with Crippen molar-refractivity contribution in [3.05, 3.63) is 88.9 Å². The van der Waals surface area contributed by atoms with E-state index in [1.54, 1.807) is 42.5 Å². The van der Waals surface area contributed by atoms with Crippen molar-refractivity contribution < 1.29 is 22.7 Å². The molecule has 0 bridgehead atoms. The summed E-state index contributed by atoms with van der Waals surface area (Å²) in [7, 11) is -3.67. The van der Waals surface area contributed by atoms with E-state index in [1.807, 2.05) is 0 Å². The predicted octanol–water partition coefficient (Wildman–Crippen LogP) is 4.99. The van der Waals surface area contributed by atoms with Crippen molar-refractivity contribution in [2.75, 3.05) is 18.4 Å². The summed E-state index contributed by atoms with van der Waals surface area (Å²) in [6.07, 6.45) is 2.66. The summed E-state index contributed by atoms with van der Waals surface area (Å²) in [4.78, 5) is 25.3. The summed E-state index contributed by atoms with van der Waals surface area (Å²) >= 11 is 6.07. The maximum atomic E-state index is 12.9. The van der Waals surface area contributed by atoms with Crippen molar-refractivity contribution in [2.45, 2.75) is 24.2 Å². The first-order valence-corrected chi connectivity index (χ1v) is 12.6. The number of nitrogens with one attached hydrogen (secondary N) is 1. The van der Waals surface area contributed by atoms with Gasteiger partial charge in [-0.2, -0.15) is 4.31 Å². The van der Waals surface area contributed by atoms with Gasteiger partial charge in [0.25, 0.3) is 5.91 Å². The molecule has 7 nitrogen and oxygen atoms in total. The standard InChI is InChI=1S/C25H23ClN2O5S/c26-23-13-3-2-12-22(23)24(29)27-19-9-7-10-20(17-19)33-25(30)18-8-6-11-21(16-18)34(31,32)28-14-4-1-5-15-28/h2-3,6-13,16-17H,1,4-5,14-15H2,(H,27,29). The number of benzene rings is 3. The third-order valence-corrected chi connectivity index (χ3v) is 7.67. The van der Waals surface area contributed by atoms with Gasteiger partial charge in [0.2, 0.25) is 10.0 Å². The number of esters is 1. The van der Waals surface area contributed by atoms with E-state index >= 15 is 0 Å². The number of carbonyl (C=O) groups excluding carboxylic acids is 2. The van der Waals surface area contributed by atoms with E-state index in [0.29, 0.717) is 29.4 Å². The van der Waals surface area contributed by atoms with E-state index in [1.165, 1.54) is 34.6 Å². The number of amides is 1. The number of carbonyl (C=O) groups is 2. The Bertz CT molecular complexity index is 1320. The zero-order chi connectivity index (χ0) is 24.1. The number of hydrogen-bond donors (Lipinski definition) is 1. The van der Waals surface area contributed by atoms with E-state index in [0.717, 1.165) is 19.3 Å². The van der Waals surface area contributed by atoms with Crippen LogP contribution in [0.25, 0.3) is 0 Å². The molecule has 1 fully saturated rings. The summed E-state index contributed by atoms with van der Waals surface area (Å²) in [5.74, 6) is -0.902. The Hall–Kier alpha value is -3.20. The van der Waals surface area contributed by atoms with E-state index in [4.69, 9.17) is 16.3 Å². The van der Waals surface area contributed by atoms with Gasteiger partial charge < -0.3 is 10.1 Å². The van der Waals surface area contributed by atoms with Gasteiger partial charge in [0.15, 0.2) is 0 Å². The van der Waals surface area contributed by atoms with Crippen molar-refractivity contribution in [1.29, 1.82) is 0 Å². The lowest BCUT2D eigenvalue weighted by Crippen LogP contribution is -2.35. The van der Waals surface area contributed by atoms with Crippen LogP contribution < -0.4 is 10.1 Å². The Kier molecular flexibility index (Phi) is 7.31. The van der Waals surface area contributed by atoms with Gasteiger partial charge in [0.05, 0.1) is 21.0 Å². The van der Waals surface area contributed by atoms with Gasteiger partial charge in [0, 0.05) is 24.8 Å². The highest BCUT2D eigenvalue weighted by Gasteiger charge is 2.26. The van der Waals surface area contributed by atoms with Crippen LogP contribution in [-0.4, -0.2) is 37.7 Å². The normalized spacial score (nSPS) is 14.4. The highest BCUT2D eigenvalue weighted by Crippen LogP contribution is 2.24. The summed E-state index contributed by atoms with van der Waals surface area (Å²) in [5.41, 5.74) is 0.846. The summed E-state index contributed by atoms with van der Waals surface area (Å²) < 4.78 is 32.8. The van der Waals surface area contributed by atoms with Crippen LogP contribution in [0.15, 0.2) is 77.7 Å². The third-order valence-electron chi connectivity index (χ3n) is 5.44. The van der Waals surface area contributed by atoms with Crippen LogP contribution in [0.5, 0.6) is 5.75 Å². The van der Waals surface area contributed by atoms with Crippen LogP contribution >= 0.6 is 11.6 Å². The zero-order valence-corrected chi connectivity index (χ0v) is 19.8. The smallest absolute Gasteiger partial charge is 0.343 e. The fourth-order valence-corrected chi connectivity index (χ4v) is 5.47. The molecule has 0 aromatic heterocycles. The van der Waals surface area contributed by atoms with Crippen LogP contribution in [0.4, 0.5) is 5.69 Å². The Morgan fingerprint density at radius 1 is 0.882 bits per heavy atom. The molecule has 1 aliphatic rings. The lowest BCUT2D eigenvalue weighted by molar-refractivity contribution is 0.0734. The maximum Gasteiger partial charge on any atom is 0.343 e. The summed E-state index contributed by atoms with van der Waals surface area (Å²) in [6, 6.07) is 18.8. The minimum Gasteiger partial charge on any atom is -0.423 e. The molecule has 176 valence electrons. The number of rotatable bonds is 6. The predicted molar refractivity (Wildman–Crippen MR) is 130 cm³/mol. The number of ether oxygens (including phenoxy) is 1. The first-order valence-electron chi connectivity index (χ1n) is 10.8. The van der Waals surface area contributed by atoms with Crippen molar-refractivity contribution >= 4 is 39.2 Å². The monoisotopic (exact) mass is 498 g/mol. The molecule has 1 amide bonds. The summed E-state index contributed by atoms with van der Waals surface area (Å²) in [6.45, 7) is 0.952. The molecule has 0 saturated carbocycles. The van der Waals surface area contributed by atoms with E-state index in [2.05, 4.69) is 5.32 Å². The van der Waals surface area contributed by atoms with Gasteiger partial charge >= 0.3 is 5.97 Å². The molecule has 1 aliphatic heterocycles. The number of nitrogens with zero attached hydrogens (tertiary/aromatic N) is 1. The number of piperidine rings is 1. The number of halogens is 1. The van der Waals surface area contributed by atoms with Crippen LogP contribution in [0.1, 0.15) is 40.0 Å². The second-order valence-corrected chi connectivity index (χ2v) is 10.2. The Labute approximate surface area is 203 Å². The maximum absolute atomic E-state index is 12.9. The minimum atomic E-state index is -3.67. The van der Waals surface area contributed by atoms with E-state index in [-0.39, 0.29) is 16.2 Å². The van der Waals surface area contributed by atoms with E-state index in [9.17, 15) is 18.0 Å². The Morgan fingerprint density at radius 3 is 2.38 bits per heavy atom. The second-order valence-electron chi connectivity index (χ2n) is 7.84. The lowest BCUT2D eigenvalue weighted by Gasteiger charge is -2.25. The number of sulfonamides is 1. The topological polar surface area (TPSA) is 92.8 Å². The molecule has 0 unspecified atom stereocenters. The van der Waals surface area contributed by atoms with Crippen molar-refractivity contribution in [2.24, 2.45) is 0 Å². The Morgan fingerprint density at radius 2 is 1.62 bits per heavy atom. The highest BCUT2D eigenvalue weighted by atomic mass is 35.5. The van der Waals surface area contributed by atoms with Crippen LogP contribution in [-0.2, 0) is 10.0 Å². The molecule has 0 radical (unpaired) electrons. The molecule has 0 aliphatic carbocycles. The molecule has 1 N–H and O–H groups in total. The minimum absolute atomic E-state index is 0.0598. The number of anilines is 1. The van der Waals surface area contributed by atoms with Gasteiger partial charge in [-0.1, -0.05) is 42.3 Å². The highest BCUT2D eigenvalue weighted by molar-refractivity contribution is 7.89. The molecule has 0 atom stereocenters. The zero-order valence-electron chi connectivity index (χ0n) is 18.2. The van der Waals surface area contributed by atoms with Crippen molar-refractivity contribution in [3.63, 3.8) is 0 Å². The third kappa shape index (κ3) is 5.47. The molecule has 9 heteroatoms. The molecule has 3 aromatic rings. The van der Waals surface area contributed by atoms with Gasteiger partial charge in [-0.25, -0.2) is 13.2 Å². The SMILES string of the molecule is O=C(Oc1cccc(NC(=O)c2ccccc2Cl)c1)c1cccc(S(=O)(=O)N2CCCCC2)c1. The molecular formula is C25H23ClN2O5S. The first kappa shape index (κ1) is 23.9. The molecule has 34 heavy (non-hydrogen) atoms. The molecule has 0 spiro atoms. The van der Waals surface area contributed by atoms with Crippen LogP contribution in [0.2, 0.25) is 5.02 Å². The first-order chi connectivity index (χ1) is 16.3. The fourth-order valence-electron chi connectivity index (χ4n) is 3.68. The van der Waals surface area contributed by atoms with Gasteiger partial charge in [-0.05, 0) is 55.3 Å². The van der Waals surface area contributed by atoms with Crippen LogP contribution in [0, 0.1) is 0 Å². The summed E-state index contributed by atoms with van der Waals surface area (Å²) in [5, 5.41) is 3.04. The molecular weight excluding hydrogens is 476 g/mol. The molecule has 3 aromatic carbocycles. The van der Waals surface area contributed by atoms with Crippen molar-refractivity contribution in [1.82, 2.24) is 4.31 Å². The molecule has 1 saturated heterocycles. The second kappa shape index (κ2) is 10.4. The van der Waals surface area contributed by atoms with Gasteiger partial charge in [-0.3, -0.25) is 4.79 Å². The lowest BCUT2D eigenvalue weighted by atomic mass is 10.2. The van der Waals surface area contributed by atoms with Crippen LogP contribution in [0.3, 0.4) is 0 Å². The quantitative estimate of drug-likeness (QED) is 0.382. The average Bonchev–Trinajstić information content (AvgIpc) is 2.85. The van der Waals surface area contributed by atoms with Crippen molar-refractivity contribution in [3.8, 4) is 5.75 Å². The molecule has 4 rings (SSSR count). The number of hydrogen-bond acceptors (Lipinski definition) is 5. The van der Waals surface area contributed by atoms with Gasteiger partial charge in [-0.15, -0.1) is 0 Å².